The lowest BCUT2D eigenvalue weighted by Gasteiger charge is -2.02. The first-order chi connectivity index (χ1) is 9.67. The minimum Gasteiger partial charge on any atom is -0.346 e. The highest BCUT2D eigenvalue weighted by molar-refractivity contribution is 7.15. The number of imidazole rings is 1. The maximum Gasteiger partial charge on any atom is 0.271 e. The molecule has 0 aliphatic heterocycles. The van der Waals surface area contributed by atoms with Crippen LogP contribution in [0.25, 0.3) is 4.96 Å². The zero-order chi connectivity index (χ0) is 14.1. The van der Waals surface area contributed by atoms with E-state index < -0.39 is 0 Å². The quantitative estimate of drug-likeness (QED) is 0.806. The predicted octanol–water partition coefficient (Wildman–Crippen LogP) is 2.65. The van der Waals surface area contributed by atoms with Crippen LogP contribution in [-0.4, -0.2) is 20.3 Å². The number of fused-ring (bicyclic) bond motifs is 1. The topological polar surface area (TPSA) is 59.3 Å². The number of nitrogens with one attached hydrogen (secondary N) is 1. The van der Waals surface area contributed by atoms with E-state index in [1.807, 2.05) is 22.9 Å². The lowest BCUT2D eigenvalue weighted by Crippen LogP contribution is -2.23. The van der Waals surface area contributed by atoms with Gasteiger partial charge >= 0.3 is 0 Å². The summed E-state index contributed by atoms with van der Waals surface area (Å²) in [7, 11) is 0. The predicted molar refractivity (Wildman–Crippen MR) is 80.5 cm³/mol. The molecule has 0 aliphatic carbocycles. The summed E-state index contributed by atoms with van der Waals surface area (Å²) in [5.41, 5.74) is 1.52. The van der Waals surface area contributed by atoms with Crippen molar-refractivity contribution in [1.82, 2.24) is 19.7 Å². The molecule has 0 bridgehead atoms. The van der Waals surface area contributed by atoms with E-state index in [2.05, 4.69) is 22.2 Å². The minimum atomic E-state index is -0.144. The van der Waals surface area contributed by atoms with E-state index in [0.717, 1.165) is 27.0 Å². The normalized spacial score (nSPS) is 11.1. The third-order valence-electron chi connectivity index (χ3n) is 2.96. The third-order valence-corrected chi connectivity index (χ3v) is 4.74. The first-order valence-electron chi connectivity index (χ1n) is 6.33. The summed E-state index contributed by atoms with van der Waals surface area (Å²) in [5.74, 6) is -0.144. The third kappa shape index (κ3) is 2.46. The number of aromatic nitrogens is 3. The Morgan fingerprint density at radius 1 is 1.45 bits per heavy atom. The van der Waals surface area contributed by atoms with Gasteiger partial charge in [0.25, 0.3) is 5.91 Å². The maximum absolute atomic E-state index is 12.1. The number of aryl methyl sites for hydroxylation is 2. The van der Waals surface area contributed by atoms with E-state index in [0.29, 0.717) is 12.2 Å². The van der Waals surface area contributed by atoms with Gasteiger partial charge in [-0.1, -0.05) is 6.92 Å². The van der Waals surface area contributed by atoms with Crippen LogP contribution in [0.4, 0.5) is 0 Å². The lowest BCUT2D eigenvalue weighted by molar-refractivity contribution is 0.0947. The van der Waals surface area contributed by atoms with Gasteiger partial charge in [0.2, 0.25) is 0 Å². The first-order valence-corrected chi connectivity index (χ1v) is 8.02. The van der Waals surface area contributed by atoms with Gasteiger partial charge in [0, 0.05) is 22.7 Å². The molecule has 3 aromatic rings. The van der Waals surface area contributed by atoms with Crippen molar-refractivity contribution in [2.75, 3.05) is 0 Å². The fourth-order valence-electron chi connectivity index (χ4n) is 2.01. The van der Waals surface area contributed by atoms with Crippen LogP contribution >= 0.6 is 22.7 Å². The highest BCUT2D eigenvalue weighted by Crippen LogP contribution is 2.18. The summed E-state index contributed by atoms with van der Waals surface area (Å²) < 4.78 is 1.86. The first kappa shape index (κ1) is 13.3. The molecule has 0 aliphatic rings. The van der Waals surface area contributed by atoms with Crippen LogP contribution in [0.5, 0.6) is 0 Å². The molecule has 5 nitrogen and oxygen atoms in total. The number of carbonyl (C=O) groups is 1. The van der Waals surface area contributed by atoms with E-state index in [-0.39, 0.29) is 5.91 Å². The van der Waals surface area contributed by atoms with Gasteiger partial charge in [-0.05, 0) is 13.3 Å². The number of hydrogen-bond acceptors (Lipinski definition) is 5. The molecule has 0 saturated heterocycles. The fourth-order valence-corrected chi connectivity index (χ4v) is 3.68. The van der Waals surface area contributed by atoms with Gasteiger partial charge in [0.15, 0.2) is 4.96 Å². The SMILES string of the molecule is CCc1nc(C)sc1CNC(=O)c1cn2ccsc2n1. The average Bonchev–Trinajstić information content (AvgIpc) is 3.08. The van der Waals surface area contributed by atoms with E-state index in [1.165, 1.54) is 11.3 Å². The van der Waals surface area contributed by atoms with Crippen LogP contribution < -0.4 is 5.32 Å². The molecule has 3 aromatic heterocycles. The summed E-state index contributed by atoms with van der Waals surface area (Å²) in [6, 6.07) is 0. The second kappa shape index (κ2) is 5.34. The monoisotopic (exact) mass is 306 g/mol. The summed E-state index contributed by atoms with van der Waals surface area (Å²) in [5, 5.41) is 5.89. The van der Waals surface area contributed by atoms with Gasteiger partial charge in [-0.2, -0.15) is 0 Å². The smallest absolute Gasteiger partial charge is 0.271 e. The zero-order valence-corrected chi connectivity index (χ0v) is 12.8. The minimum absolute atomic E-state index is 0.144. The van der Waals surface area contributed by atoms with Crippen molar-refractivity contribution in [2.45, 2.75) is 26.8 Å². The van der Waals surface area contributed by atoms with Crippen molar-refractivity contribution >= 4 is 33.5 Å². The highest BCUT2D eigenvalue weighted by Gasteiger charge is 2.13. The number of nitrogens with zero attached hydrogens (tertiary/aromatic N) is 3. The standard InChI is InChI=1S/C13H14N4OS2/c1-3-9-11(20-8(2)15-9)6-14-12(18)10-7-17-4-5-19-13(17)16-10/h4-5,7H,3,6H2,1-2H3,(H,14,18). The van der Waals surface area contributed by atoms with Crippen molar-refractivity contribution < 1.29 is 4.79 Å². The number of thiazole rings is 2. The average molecular weight is 306 g/mol. The Morgan fingerprint density at radius 3 is 3.05 bits per heavy atom. The van der Waals surface area contributed by atoms with E-state index >= 15 is 0 Å². The second-order valence-corrected chi connectivity index (χ2v) is 6.52. The number of amides is 1. The Labute approximate surface area is 124 Å². The van der Waals surface area contributed by atoms with Crippen LogP contribution in [0.3, 0.4) is 0 Å². The van der Waals surface area contributed by atoms with Crippen LogP contribution in [0.1, 0.15) is 33.0 Å². The van der Waals surface area contributed by atoms with E-state index in [4.69, 9.17) is 0 Å². The molecule has 0 radical (unpaired) electrons. The number of carbonyl (C=O) groups excluding carboxylic acids is 1. The molecule has 1 amide bonds. The van der Waals surface area contributed by atoms with Gasteiger partial charge in [-0.3, -0.25) is 9.20 Å². The Morgan fingerprint density at radius 2 is 2.30 bits per heavy atom. The van der Waals surface area contributed by atoms with Crippen LogP contribution in [0.15, 0.2) is 17.8 Å². The maximum atomic E-state index is 12.1. The van der Waals surface area contributed by atoms with Crippen molar-refractivity contribution in [2.24, 2.45) is 0 Å². The van der Waals surface area contributed by atoms with Gasteiger partial charge in [-0.25, -0.2) is 9.97 Å². The molecule has 7 heteroatoms. The molecule has 3 heterocycles. The molecular formula is C13H14N4OS2. The lowest BCUT2D eigenvalue weighted by atomic mass is 10.3. The molecule has 104 valence electrons. The molecule has 0 atom stereocenters. The second-order valence-electron chi connectivity index (χ2n) is 4.36. The van der Waals surface area contributed by atoms with Gasteiger partial charge in [0.1, 0.15) is 5.69 Å². The number of hydrogen-bond donors (Lipinski definition) is 1. The fraction of sp³-hybridized carbons (Fsp3) is 0.308. The summed E-state index contributed by atoms with van der Waals surface area (Å²) in [6.07, 6.45) is 4.53. The Kier molecular flexibility index (Phi) is 3.54. The van der Waals surface area contributed by atoms with Crippen LogP contribution in [0.2, 0.25) is 0 Å². The van der Waals surface area contributed by atoms with Crippen molar-refractivity contribution in [3.8, 4) is 0 Å². The Balaban J connectivity index is 1.71. The molecular weight excluding hydrogens is 292 g/mol. The van der Waals surface area contributed by atoms with E-state index in [9.17, 15) is 4.79 Å². The summed E-state index contributed by atoms with van der Waals surface area (Å²) in [4.78, 5) is 22.8. The van der Waals surface area contributed by atoms with Crippen molar-refractivity contribution in [3.63, 3.8) is 0 Å². The molecule has 20 heavy (non-hydrogen) atoms. The zero-order valence-electron chi connectivity index (χ0n) is 11.2. The van der Waals surface area contributed by atoms with Crippen LogP contribution in [0, 0.1) is 6.92 Å². The van der Waals surface area contributed by atoms with Gasteiger partial charge in [0.05, 0.1) is 17.2 Å². The largest absolute Gasteiger partial charge is 0.346 e. The molecule has 0 saturated carbocycles. The molecule has 0 aromatic carbocycles. The molecule has 0 spiro atoms. The van der Waals surface area contributed by atoms with Crippen molar-refractivity contribution in [1.29, 1.82) is 0 Å². The summed E-state index contributed by atoms with van der Waals surface area (Å²) >= 11 is 3.15. The van der Waals surface area contributed by atoms with Gasteiger partial charge < -0.3 is 5.32 Å². The summed E-state index contributed by atoms with van der Waals surface area (Å²) in [6.45, 7) is 4.57. The highest BCUT2D eigenvalue weighted by atomic mass is 32.1. The molecule has 3 rings (SSSR count). The van der Waals surface area contributed by atoms with Crippen molar-refractivity contribution in [3.05, 3.63) is 39.0 Å². The molecule has 1 N–H and O–H groups in total. The molecule has 0 unspecified atom stereocenters. The van der Waals surface area contributed by atoms with Crippen LogP contribution in [-0.2, 0) is 13.0 Å². The van der Waals surface area contributed by atoms with Gasteiger partial charge in [-0.15, -0.1) is 22.7 Å². The Bertz CT molecular complexity index is 727. The molecule has 0 fully saturated rings. The van der Waals surface area contributed by atoms with E-state index in [1.54, 1.807) is 17.5 Å². The Hall–Kier alpha value is -1.73. The number of rotatable bonds is 4.